The van der Waals surface area contributed by atoms with Gasteiger partial charge in [0.15, 0.2) is 6.04 Å². The Morgan fingerprint density at radius 3 is 2.54 bits per heavy atom. The number of hydrogen-bond acceptors (Lipinski definition) is 3. The van der Waals surface area contributed by atoms with E-state index < -0.39 is 0 Å². The number of para-hydroxylation sites is 2. The van der Waals surface area contributed by atoms with Crippen molar-refractivity contribution in [2.75, 3.05) is 12.4 Å². The van der Waals surface area contributed by atoms with Crippen LogP contribution in [0.3, 0.4) is 0 Å². The summed E-state index contributed by atoms with van der Waals surface area (Å²) in [5.41, 5.74) is 2.03. The molecule has 124 valence electrons. The maximum atomic E-state index is 12.4. The molecule has 1 amide bonds. The summed E-state index contributed by atoms with van der Waals surface area (Å²) in [5.74, 6) is 0.670. The summed E-state index contributed by atoms with van der Waals surface area (Å²) in [6, 6.07) is 16.6. The van der Waals surface area contributed by atoms with Crippen LogP contribution in [0, 0.1) is 11.3 Å². The number of ether oxygens (including phenoxy) is 1. The van der Waals surface area contributed by atoms with Gasteiger partial charge < -0.3 is 15.4 Å². The number of anilines is 1. The summed E-state index contributed by atoms with van der Waals surface area (Å²) < 4.78 is 5.38. The van der Waals surface area contributed by atoms with Crippen LogP contribution in [-0.4, -0.2) is 19.1 Å². The number of rotatable bonds is 6. The van der Waals surface area contributed by atoms with Crippen LogP contribution in [0.15, 0.2) is 48.5 Å². The Bertz CT molecular complexity index is 752. The summed E-state index contributed by atoms with van der Waals surface area (Å²) in [6.07, 6.45) is 0. The van der Waals surface area contributed by atoms with Gasteiger partial charge in [0.1, 0.15) is 17.9 Å². The zero-order valence-electron chi connectivity index (χ0n) is 14.1. The van der Waals surface area contributed by atoms with Gasteiger partial charge in [0.05, 0.1) is 23.9 Å². The van der Waals surface area contributed by atoms with Gasteiger partial charge >= 0.3 is 0 Å². The normalized spacial score (nSPS) is 12.8. The summed E-state index contributed by atoms with van der Waals surface area (Å²) in [5, 5.41) is 13.9. The third kappa shape index (κ3) is 4.12. The Morgan fingerprint density at radius 2 is 1.83 bits per heavy atom. The Hall–Kier alpha value is -2.84. The smallest absolute Gasteiger partial charge is 0.282 e. The highest BCUT2D eigenvalue weighted by Crippen LogP contribution is 2.22. The third-order valence-electron chi connectivity index (χ3n) is 3.93. The van der Waals surface area contributed by atoms with E-state index >= 15 is 0 Å². The van der Waals surface area contributed by atoms with Crippen molar-refractivity contribution in [3.63, 3.8) is 0 Å². The number of carbonyl (C=O) groups is 1. The molecule has 0 aromatic heterocycles. The fourth-order valence-electron chi connectivity index (χ4n) is 2.60. The van der Waals surface area contributed by atoms with Crippen molar-refractivity contribution < 1.29 is 14.8 Å². The van der Waals surface area contributed by atoms with Gasteiger partial charge in [-0.05, 0) is 38.1 Å². The lowest BCUT2D eigenvalue weighted by Gasteiger charge is -2.18. The van der Waals surface area contributed by atoms with Crippen molar-refractivity contribution in [1.29, 1.82) is 5.26 Å². The molecule has 0 saturated heterocycles. The molecule has 5 nitrogen and oxygen atoms in total. The molecule has 24 heavy (non-hydrogen) atoms. The Kier molecular flexibility index (Phi) is 5.94. The van der Waals surface area contributed by atoms with Crippen molar-refractivity contribution in [3.8, 4) is 11.8 Å². The van der Waals surface area contributed by atoms with Crippen molar-refractivity contribution in [2.24, 2.45) is 0 Å². The lowest BCUT2D eigenvalue weighted by molar-refractivity contribution is -0.709. The Morgan fingerprint density at radius 1 is 1.17 bits per heavy atom. The maximum absolute atomic E-state index is 12.4. The quantitative estimate of drug-likeness (QED) is 0.855. The first-order valence-electron chi connectivity index (χ1n) is 7.84. The number of nitrogens with zero attached hydrogens (tertiary/aromatic N) is 1. The molecule has 0 spiro atoms. The van der Waals surface area contributed by atoms with E-state index in [1.165, 1.54) is 0 Å². The molecular weight excluding hydrogens is 302 g/mol. The highest BCUT2D eigenvalue weighted by molar-refractivity contribution is 5.94. The monoisotopic (exact) mass is 324 g/mol. The minimum atomic E-state index is -0.309. The number of nitrogens with two attached hydrogens (primary N) is 1. The number of nitriles is 1. The van der Waals surface area contributed by atoms with Gasteiger partial charge in [-0.2, -0.15) is 5.26 Å². The van der Waals surface area contributed by atoms with E-state index in [2.05, 4.69) is 11.4 Å². The molecule has 0 aliphatic rings. The van der Waals surface area contributed by atoms with Crippen LogP contribution in [0.4, 0.5) is 5.69 Å². The number of quaternary nitrogens is 1. The lowest BCUT2D eigenvalue weighted by Crippen LogP contribution is -2.91. The van der Waals surface area contributed by atoms with Crippen LogP contribution in [0.2, 0.25) is 0 Å². The molecule has 0 radical (unpaired) electrons. The molecule has 2 rings (SSSR count). The number of amides is 1. The van der Waals surface area contributed by atoms with Crippen LogP contribution in [0.5, 0.6) is 5.75 Å². The second kappa shape index (κ2) is 8.14. The molecule has 0 saturated carbocycles. The SMILES string of the molecule is COc1ccccc1[C@H](C)[NH2+][C@@H](C)C(=O)Nc1ccccc1C#N. The minimum Gasteiger partial charge on any atom is -0.496 e. The van der Waals surface area contributed by atoms with E-state index in [-0.39, 0.29) is 18.0 Å². The predicted molar refractivity (Wildman–Crippen MR) is 92.6 cm³/mol. The molecule has 0 aliphatic carbocycles. The van der Waals surface area contributed by atoms with E-state index in [1.807, 2.05) is 43.4 Å². The van der Waals surface area contributed by atoms with Crippen molar-refractivity contribution >= 4 is 11.6 Å². The maximum Gasteiger partial charge on any atom is 0.282 e. The van der Waals surface area contributed by atoms with Gasteiger partial charge in [0.2, 0.25) is 0 Å². The highest BCUT2D eigenvalue weighted by atomic mass is 16.5. The number of benzene rings is 2. The van der Waals surface area contributed by atoms with Gasteiger partial charge in [0.25, 0.3) is 5.91 Å². The zero-order valence-corrected chi connectivity index (χ0v) is 14.1. The molecule has 2 atom stereocenters. The summed E-state index contributed by atoms with van der Waals surface area (Å²) in [6.45, 7) is 3.88. The van der Waals surface area contributed by atoms with Gasteiger partial charge in [0, 0.05) is 0 Å². The third-order valence-corrected chi connectivity index (χ3v) is 3.93. The van der Waals surface area contributed by atoms with Crippen LogP contribution in [-0.2, 0) is 4.79 Å². The van der Waals surface area contributed by atoms with E-state index in [9.17, 15) is 4.79 Å². The first kappa shape index (κ1) is 17.5. The first-order chi connectivity index (χ1) is 11.6. The van der Waals surface area contributed by atoms with E-state index in [0.29, 0.717) is 11.3 Å². The second-order valence-electron chi connectivity index (χ2n) is 5.66. The van der Waals surface area contributed by atoms with E-state index in [4.69, 9.17) is 10.00 Å². The number of nitrogens with one attached hydrogen (secondary N) is 1. The molecule has 2 aromatic carbocycles. The summed E-state index contributed by atoms with van der Waals surface area (Å²) in [4.78, 5) is 12.4. The average Bonchev–Trinajstić information content (AvgIpc) is 2.61. The number of carbonyl (C=O) groups excluding carboxylic acids is 1. The largest absolute Gasteiger partial charge is 0.496 e. The van der Waals surface area contributed by atoms with Crippen LogP contribution < -0.4 is 15.4 Å². The minimum absolute atomic E-state index is 0.0631. The van der Waals surface area contributed by atoms with Gasteiger partial charge in [-0.25, -0.2) is 0 Å². The molecule has 2 aromatic rings. The Labute approximate surface area is 142 Å². The fraction of sp³-hybridized carbons (Fsp3) is 0.263. The fourth-order valence-corrected chi connectivity index (χ4v) is 2.60. The molecule has 3 N–H and O–H groups in total. The molecule has 0 heterocycles. The van der Waals surface area contributed by atoms with Crippen LogP contribution in [0.25, 0.3) is 0 Å². The molecule has 0 unspecified atom stereocenters. The molecule has 5 heteroatoms. The van der Waals surface area contributed by atoms with Gasteiger partial charge in [-0.1, -0.05) is 24.3 Å². The van der Waals surface area contributed by atoms with E-state index in [0.717, 1.165) is 11.3 Å². The van der Waals surface area contributed by atoms with Gasteiger partial charge in [-0.15, -0.1) is 0 Å². The number of methoxy groups -OCH3 is 1. The molecular formula is C19H22N3O2+. The zero-order chi connectivity index (χ0) is 17.5. The molecule has 0 fully saturated rings. The molecule has 0 bridgehead atoms. The molecule has 0 aliphatic heterocycles. The van der Waals surface area contributed by atoms with E-state index in [1.54, 1.807) is 31.4 Å². The van der Waals surface area contributed by atoms with Crippen LogP contribution in [0.1, 0.15) is 31.0 Å². The highest BCUT2D eigenvalue weighted by Gasteiger charge is 2.22. The topological polar surface area (TPSA) is 78.7 Å². The number of hydrogen-bond donors (Lipinski definition) is 2. The first-order valence-corrected chi connectivity index (χ1v) is 7.84. The summed E-state index contributed by atoms with van der Waals surface area (Å²) in [7, 11) is 1.64. The van der Waals surface area contributed by atoms with Crippen molar-refractivity contribution in [3.05, 3.63) is 59.7 Å². The Balaban J connectivity index is 2.05. The van der Waals surface area contributed by atoms with Gasteiger partial charge in [-0.3, -0.25) is 4.79 Å². The lowest BCUT2D eigenvalue weighted by atomic mass is 10.1. The summed E-state index contributed by atoms with van der Waals surface area (Å²) >= 11 is 0. The van der Waals surface area contributed by atoms with Crippen LogP contribution >= 0.6 is 0 Å². The average molecular weight is 324 g/mol. The second-order valence-corrected chi connectivity index (χ2v) is 5.66. The standard InChI is InChI=1S/C19H21N3O2/c1-13(16-9-5-7-11-18(16)24-3)21-14(2)19(23)22-17-10-6-4-8-15(17)12-20/h4-11,13-14,21H,1-3H3,(H,22,23)/p+1/t13-,14-/m0/s1. The van der Waals surface area contributed by atoms with Crippen molar-refractivity contribution in [1.82, 2.24) is 0 Å². The predicted octanol–water partition coefficient (Wildman–Crippen LogP) is 2.22. The van der Waals surface area contributed by atoms with Crippen molar-refractivity contribution in [2.45, 2.75) is 25.9 Å².